The van der Waals surface area contributed by atoms with Gasteiger partial charge >= 0.3 is 0 Å². The lowest BCUT2D eigenvalue weighted by Gasteiger charge is -2.30. The van der Waals surface area contributed by atoms with Gasteiger partial charge in [-0.05, 0) is 36.5 Å². The van der Waals surface area contributed by atoms with Crippen LogP contribution in [0, 0.1) is 5.92 Å². The summed E-state index contributed by atoms with van der Waals surface area (Å²) < 4.78 is 5.16. The fourth-order valence-electron chi connectivity index (χ4n) is 2.43. The second-order valence-corrected chi connectivity index (χ2v) is 5.49. The molecule has 0 unspecified atom stereocenters. The van der Waals surface area contributed by atoms with E-state index < -0.39 is 0 Å². The van der Waals surface area contributed by atoms with Crippen molar-refractivity contribution in [3.05, 3.63) is 40.9 Å². The lowest BCUT2D eigenvalue weighted by molar-refractivity contribution is -0.127. The summed E-state index contributed by atoms with van der Waals surface area (Å²) in [5, 5.41) is 0.662. The molecule has 0 saturated carbocycles. The highest BCUT2D eigenvalue weighted by molar-refractivity contribution is 6.32. The van der Waals surface area contributed by atoms with E-state index in [0.717, 1.165) is 38.1 Å². The maximum atomic E-state index is 12.1. The standard InChI is InChI=1S/C16H20ClNO2/c1-20-12-13-8-10-18(11-9-13)16(19)7-6-14-4-2-3-5-15(14)17/h2-7,13H,8-12H2,1H3/b7-6+. The highest BCUT2D eigenvalue weighted by Gasteiger charge is 2.21. The molecule has 3 nitrogen and oxygen atoms in total. The van der Waals surface area contributed by atoms with Crippen molar-refractivity contribution in [1.29, 1.82) is 0 Å². The number of piperidine rings is 1. The van der Waals surface area contributed by atoms with Crippen LogP contribution in [0.25, 0.3) is 6.08 Å². The highest BCUT2D eigenvalue weighted by Crippen LogP contribution is 2.19. The van der Waals surface area contributed by atoms with Gasteiger partial charge in [0.15, 0.2) is 0 Å². The summed E-state index contributed by atoms with van der Waals surface area (Å²) >= 11 is 6.06. The molecule has 1 aromatic carbocycles. The number of halogens is 1. The van der Waals surface area contributed by atoms with E-state index in [-0.39, 0.29) is 5.91 Å². The first kappa shape index (κ1) is 15.1. The lowest BCUT2D eigenvalue weighted by Crippen LogP contribution is -2.38. The van der Waals surface area contributed by atoms with Crippen LogP contribution < -0.4 is 0 Å². The zero-order chi connectivity index (χ0) is 14.4. The molecule has 0 radical (unpaired) electrons. The van der Waals surface area contributed by atoms with Crippen LogP contribution in [0.5, 0.6) is 0 Å². The molecule has 1 fully saturated rings. The molecule has 1 heterocycles. The summed E-state index contributed by atoms with van der Waals surface area (Å²) in [6.45, 7) is 2.40. The Labute approximate surface area is 125 Å². The number of benzene rings is 1. The van der Waals surface area contributed by atoms with Crippen molar-refractivity contribution in [2.75, 3.05) is 26.8 Å². The topological polar surface area (TPSA) is 29.5 Å². The zero-order valence-corrected chi connectivity index (χ0v) is 12.5. The van der Waals surface area contributed by atoms with Crippen LogP contribution in [0.15, 0.2) is 30.3 Å². The van der Waals surface area contributed by atoms with Crippen LogP contribution in [-0.2, 0) is 9.53 Å². The van der Waals surface area contributed by atoms with Gasteiger partial charge in [-0.3, -0.25) is 4.79 Å². The number of amides is 1. The number of hydrogen-bond donors (Lipinski definition) is 0. The Kier molecular flexibility index (Phi) is 5.62. The van der Waals surface area contributed by atoms with Crippen LogP contribution in [0.1, 0.15) is 18.4 Å². The van der Waals surface area contributed by atoms with Gasteiger partial charge in [-0.15, -0.1) is 0 Å². The second kappa shape index (κ2) is 7.46. The lowest BCUT2D eigenvalue weighted by atomic mass is 9.98. The summed E-state index contributed by atoms with van der Waals surface area (Å²) in [5.74, 6) is 0.636. The third kappa shape index (κ3) is 4.09. The van der Waals surface area contributed by atoms with E-state index in [0.29, 0.717) is 10.9 Å². The average Bonchev–Trinajstić information content (AvgIpc) is 2.47. The molecule has 1 aliphatic heterocycles. The van der Waals surface area contributed by atoms with Crippen molar-refractivity contribution in [2.45, 2.75) is 12.8 Å². The molecule has 0 bridgehead atoms. The Hall–Kier alpha value is -1.32. The molecule has 1 amide bonds. The zero-order valence-electron chi connectivity index (χ0n) is 11.7. The predicted octanol–water partition coefficient (Wildman–Crippen LogP) is 3.24. The van der Waals surface area contributed by atoms with Gasteiger partial charge in [0.2, 0.25) is 5.91 Å². The van der Waals surface area contributed by atoms with E-state index in [4.69, 9.17) is 16.3 Å². The molecular weight excluding hydrogens is 274 g/mol. The quantitative estimate of drug-likeness (QED) is 0.798. The Bertz CT molecular complexity index is 479. The number of ether oxygens (including phenoxy) is 1. The van der Waals surface area contributed by atoms with E-state index in [9.17, 15) is 4.79 Å². The predicted molar refractivity (Wildman–Crippen MR) is 81.7 cm³/mol. The molecule has 0 aromatic heterocycles. The smallest absolute Gasteiger partial charge is 0.246 e. The molecule has 2 rings (SSSR count). The maximum absolute atomic E-state index is 12.1. The van der Waals surface area contributed by atoms with Crippen molar-refractivity contribution in [1.82, 2.24) is 4.90 Å². The summed E-state index contributed by atoms with van der Waals surface area (Å²) in [4.78, 5) is 14.0. The minimum atomic E-state index is 0.0563. The highest BCUT2D eigenvalue weighted by atomic mass is 35.5. The third-order valence-corrected chi connectivity index (χ3v) is 3.98. The molecule has 4 heteroatoms. The van der Waals surface area contributed by atoms with Crippen LogP contribution in [0.4, 0.5) is 0 Å². The molecule has 0 spiro atoms. The van der Waals surface area contributed by atoms with Crippen molar-refractivity contribution >= 4 is 23.6 Å². The number of rotatable bonds is 4. The van der Waals surface area contributed by atoms with Crippen molar-refractivity contribution in [2.24, 2.45) is 5.92 Å². The van der Waals surface area contributed by atoms with Crippen LogP contribution in [0.2, 0.25) is 5.02 Å². The minimum Gasteiger partial charge on any atom is -0.384 e. The van der Waals surface area contributed by atoms with Gasteiger partial charge in [0.25, 0.3) is 0 Å². The fraction of sp³-hybridized carbons (Fsp3) is 0.438. The molecule has 20 heavy (non-hydrogen) atoms. The molecule has 0 N–H and O–H groups in total. The number of carbonyl (C=O) groups excluding carboxylic acids is 1. The number of carbonyl (C=O) groups is 1. The first-order chi connectivity index (χ1) is 9.70. The minimum absolute atomic E-state index is 0.0563. The van der Waals surface area contributed by atoms with E-state index >= 15 is 0 Å². The van der Waals surface area contributed by atoms with Gasteiger partial charge in [0, 0.05) is 37.9 Å². The second-order valence-electron chi connectivity index (χ2n) is 5.08. The molecule has 1 aromatic rings. The maximum Gasteiger partial charge on any atom is 0.246 e. The Morgan fingerprint density at radius 1 is 1.40 bits per heavy atom. The molecule has 1 aliphatic rings. The van der Waals surface area contributed by atoms with E-state index in [1.807, 2.05) is 29.2 Å². The summed E-state index contributed by atoms with van der Waals surface area (Å²) in [6.07, 6.45) is 5.42. The van der Waals surface area contributed by atoms with Crippen LogP contribution in [-0.4, -0.2) is 37.6 Å². The molecule has 1 saturated heterocycles. The number of hydrogen-bond acceptors (Lipinski definition) is 2. The SMILES string of the molecule is COCC1CCN(C(=O)/C=C/c2ccccc2Cl)CC1. The van der Waals surface area contributed by atoms with Gasteiger partial charge in [-0.25, -0.2) is 0 Å². The summed E-state index contributed by atoms with van der Waals surface area (Å²) in [6, 6.07) is 7.51. The Balaban J connectivity index is 1.88. The van der Waals surface area contributed by atoms with Crippen molar-refractivity contribution in [3.63, 3.8) is 0 Å². The van der Waals surface area contributed by atoms with Crippen LogP contribution >= 0.6 is 11.6 Å². The molecule has 108 valence electrons. The van der Waals surface area contributed by atoms with E-state index in [2.05, 4.69) is 0 Å². The van der Waals surface area contributed by atoms with Crippen LogP contribution in [0.3, 0.4) is 0 Å². The largest absolute Gasteiger partial charge is 0.384 e. The Morgan fingerprint density at radius 2 is 2.10 bits per heavy atom. The third-order valence-electron chi connectivity index (χ3n) is 3.64. The fourth-order valence-corrected chi connectivity index (χ4v) is 2.63. The average molecular weight is 294 g/mol. The summed E-state index contributed by atoms with van der Waals surface area (Å²) in [7, 11) is 1.73. The number of methoxy groups -OCH3 is 1. The molecule has 0 atom stereocenters. The van der Waals surface area contributed by atoms with Crippen molar-refractivity contribution in [3.8, 4) is 0 Å². The number of nitrogens with zero attached hydrogens (tertiary/aromatic N) is 1. The Morgan fingerprint density at radius 3 is 2.75 bits per heavy atom. The normalized spacial score (nSPS) is 16.8. The van der Waals surface area contributed by atoms with Crippen molar-refractivity contribution < 1.29 is 9.53 Å². The number of likely N-dealkylation sites (tertiary alicyclic amines) is 1. The monoisotopic (exact) mass is 293 g/mol. The van der Waals surface area contributed by atoms with Gasteiger partial charge in [-0.2, -0.15) is 0 Å². The molecular formula is C16H20ClNO2. The van der Waals surface area contributed by atoms with E-state index in [1.165, 1.54) is 0 Å². The molecule has 0 aliphatic carbocycles. The first-order valence-electron chi connectivity index (χ1n) is 6.91. The van der Waals surface area contributed by atoms with Gasteiger partial charge < -0.3 is 9.64 Å². The van der Waals surface area contributed by atoms with Gasteiger partial charge in [0.05, 0.1) is 0 Å². The van der Waals surface area contributed by atoms with Gasteiger partial charge in [0.1, 0.15) is 0 Å². The van der Waals surface area contributed by atoms with Gasteiger partial charge in [-0.1, -0.05) is 29.8 Å². The first-order valence-corrected chi connectivity index (χ1v) is 7.29. The summed E-state index contributed by atoms with van der Waals surface area (Å²) in [5.41, 5.74) is 0.872. The van der Waals surface area contributed by atoms with E-state index in [1.54, 1.807) is 19.3 Å².